The quantitative estimate of drug-likeness (QED) is 0.625. The minimum atomic E-state index is -1.03. The molecule has 0 radical (unpaired) electrons. The van der Waals surface area contributed by atoms with Crippen molar-refractivity contribution < 1.29 is 14.7 Å². The number of hydrogen-bond donors (Lipinski definition) is 1. The van der Waals surface area contributed by atoms with Gasteiger partial charge in [0.05, 0.1) is 6.21 Å². The van der Waals surface area contributed by atoms with E-state index in [0.29, 0.717) is 0 Å². The van der Waals surface area contributed by atoms with E-state index in [4.69, 9.17) is 5.11 Å². The normalized spacial score (nSPS) is 10.7. The summed E-state index contributed by atoms with van der Waals surface area (Å²) in [5.41, 5.74) is 4.42. The Balaban J connectivity index is 2.73. The molecule has 0 spiro atoms. The first kappa shape index (κ1) is 12.2. The summed E-state index contributed by atoms with van der Waals surface area (Å²) < 4.78 is 0. The van der Waals surface area contributed by atoms with Gasteiger partial charge in [-0.2, -0.15) is 0 Å². The minimum absolute atomic E-state index is 0.416. The smallest absolute Gasteiger partial charge is 0.344 e. The molecule has 0 aliphatic heterocycles. The van der Waals surface area contributed by atoms with Crippen molar-refractivity contribution in [3.05, 3.63) is 34.4 Å². The number of oxime groups is 1. The number of rotatable bonds is 4. The van der Waals surface area contributed by atoms with Crippen LogP contribution in [0.25, 0.3) is 0 Å². The average molecular weight is 221 g/mol. The molecular weight excluding hydrogens is 206 g/mol. The summed E-state index contributed by atoms with van der Waals surface area (Å²) in [6.45, 7) is 5.62. The van der Waals surface area contributed by atoms with Crippen LogP contribution in [0.1, 0.15) is 22.3 Å². The largest absolute Gasteiger partial charge is 0.479 e. The Morgan fingerprint density at radius 2 is 1.94 bits per heavy atom. The highest BCUT2D eigenvalue weighted by atomic mass is 16.6. The molecule has 4 heteroatoms. The van der Waals surface area contributed by atoms with E-state index in [1.54, 1.807) is 0 Å². The van der Waals surface area contributed by atoms with Gasteiger partial charge in [-0.15, -0.1) is 0 Å². The Morgan fingerprint density at radius 1 is 1.31 bits per heavy atom. The first-order chi connectivity index (χ1) is 7.50. The van der Waals surface area contributed by atoms with E-state index in [-0.39, 0.29) is 0 Å². The van der Waals surface area contributed by atoms with Gasteiger partial charge in [-0.3, -0.25) is 0 Å². The molecule has 86 valence electrons. The molecule has 1 aromatic carbocycles. The van der Waals surface area contributed by atoms with Gasteiger partial charge < -0.3 is 9.94 Å². The van der Waals surface area contributed by atoms with Crippen molar-refractivity contribution in [2.24, 2.45) is 5.16 Å². The number of carboxylic acid groups (broad SMARTS) is 1. The van der Waals surface area contributed by atoms with Crippen LogP contribution in [-0.2, 0) is 9.63 Å². The summed E-state index contributed by atoms with van der Waals surface area (Å²) in [6, 6.07) is 4.06. The summed E-state index contributed by atoms with van der Waals surface area (Å²) in [5.74, 6) is -1.03. The lowest BCUT2D eigenvalue weighted by atomic mass is 10.0. The monoisotopic (exact) mass is 221 g/mol. The van der Waals surface area contributed by atoms with Gasteiger partial charge >= 0.3 is 5.97 Å². The maximum absolute atomic E-state index is 10.2. The van der Waals surface area contributed by atoms with E-state index in [9.17, 15) is 4.79 Å². The van der Waals surface area contributed by atoms with E-state index < -0.39 is 12.6 Å². The molecule has 0 aliphatic rings. The van der Waals surface area contributed by atoms with Gasteiger partial charge in [0.15, 0.2) is 0 Å². The molecule has 0 aromatic heterocycles. The zero-order valence-electron chi connectivity index (χ0n) is 9.65. The first-order valence-electron chi connectivity index (χ1n) is 4.95. The highest BCUT2D eigenvalue weighted by Crippen LogP contribution is 2.13. The Bertz CT molecular complexity index is 425. The molecule has 0 saturated carbocycles. The Morgan fingerprint density at radius 3 is 2.56 bits per heavy atom. The van der Waals surface area contributed by atoms with Gasteiger partial charge in [0, 0.05) is 0 Å². The third kappa shape index (κ3) is 3.38. The molecule has 0 saturated heterocycles. The highest BCUT2D eigenvalue weighted by Gasteiger charge is 2.00. The lowest BCUT2D eigenvalue weighted by Crippen LogP contribution is -2.03. The molecule has 16 heavy (non-hydrogen) atoms. The molecule has 4 nitrogen and oxygen atoms in total. The molecule has 0 bridgehead atoms. The zero-order valence-corrected chi connectivity index (χ0v) is 9.65. The fourth-order valence-electron chi connectivity index (χ4n) is 1.31. The molecule has 1 N–H and O–H groups in total. The summed E-state index contributed by atoms with van der Waals surface area (Å²) in [4.78, 5) is 14.8. The van der Waals surface area contributed by atoms with Crippen LogP contribution in [0.4, 0.5) is 0 Å². The van der Waals surface area contributed by atoms with Crippen molar-refractivity contribution in [1.29, 1.82) is 0 Å². The fourth-order valence-corrected chi connectivity index (χ4v) is 1.31. The van der Waals surface area contributed by atoms with Crippen LogP contribution in [0.15, 0.2) is 17.3 Å². The molecule has 1 rings (SSSR count). The van der Waals surface area contributed by atoms with Gasteiger partial charge in [-0.1, -0.05) is 11.2 Å². The lowest BCUT2D eigenvalue weighted by Gasteiger charge is -2.05. The SMILES string of the molecule is Cc1cc(C)c(/C=N/OCC(=O)O)cc1C. The molecule has 0 heterocycles. The Kier molecular flexibility index (Phi) is 4.05. The number of aliphatic carboxylic acids is 1. The van der Waals surface area contributed by atoms with Crippen molar-refractivity contribution in [3.8, 4) is 0 Å². The average Bonchev–Trinajstić information content (AvgIpc) is 2.19. The third-order valence-electron chi connectivity index (χ3n) is 2.34. The Labute approximate surface area is 94.5 Å². The maximum Gasteiger partial charge on any atom is 0.344 e. The van der Waals surface area contributed by atoms with E-state index >= 15 is 0 Å². The number of carbonyl (C=O) groups is 1. The van der Waals surface area contributed by atoms with E-state index in [1.165, 1.54) is 17.3 Å². The maximum atomic E-state index is 10.2. The van der Waals surface area contributed by atoms with Gasteiger partial charge in [0.2, 0.25) is 6.61 Å². The van der Waals surface area contributed by atoms with Crippen molar-refractivity contribution in [3.63, 3.8) is 0 Å². The number of benzene rings is 1. The van der Waals surface area contributed by atoms with Crippen LogP contribution in [0.2, 0.25) is 0 Å². The number of carboxylic acids is 1. The predicted octanol–water partition coefficient (Wildman–Crippen LogP) is 2.05. The summed E-state index contributed by atoms with van der Waals surface area (Å²) in [6.07, 6.45) is 1.53. The second kappa shape index (κ2) is 5.30. The van der Waals surface area contributed by atoms with Crippen LogP contribution in [0.3, 0.4) is 0 Å². The number of aryl methyl sites for hydroxylation is 3. The van der Waals surface area contributed by atoms with Gasteiger partial charge in [0.25, 0.3) is 0 Å². The summed E-state index contributed by atoms with van der Waals surface area (Å²) in [7, 11) is 0. The van der Waals surface area contributed by atoms with E-state index in [0.717, 1.165) is 11.1 Å². The van der Waals surface area contributed by atoms with Crippen LogP contribution in [-0.4, -0.2) is 23.9 Å². The molecule has 1 aromatic rings. The molecular formula is C12H15NO3. The molecule has 0 fully saturated rings. The number of hydrogen-bond acceptors (Lipinski definition) is 3. The highest BCUT2D eigenvalue weighted by molar-refractivity contribution is 5.81. The summed E-state index contributed by atoms with van der Waals surface area (Å²) in [5, 5.41) is 12.0. The third-order valence-corrected chi connectivity index (χ3v) is 2.34. The van der Waals surface area contributed by atoms with E-state index in [2.05, 4.69) is 16.1 Å². The molecule has 0 amide bonds. The van der Waals surface area contributed by atoms with Crippen LogP contribution in [0.5, 0.6) is 0 Å². The van der Waals surface area contributed by atoms with Crippen molar-refractivity contribution in [2.45, 2.75) is 20.8 Å². The number of nitrogens with zero attached hydrogens (tertiary/aromatic N) is 1. The van der Waals surface area contributed by atoms with Crippen LogP contribution >= 0.6 is 0 Å². The first-order valence-corrected chi connectivity index (χ1v) is 4.95. The second-order valence-corrected chi connectivity index (χ2v) is 3.69. The molecule has 0 atom stereocenters. The van der Waals surface area contributed by atoms with Crippen molar-refractivity contribution in [2.75, 3.05) is 6.61 Å². The Hall–Kier alpha value is -1.84. The topological polar surface area (TPSA) is 58.9 Å². The molecule has 0 aliphatic carbocycles. The van der Waals surface area contributed by atoms with Crippen LogP contribution < -0.4 is 0 Å². The van der Waals surface area contributed by atoms with Gasteiger partial charge in [-0.25, -0.2) is 4.79 Å². The standard InChI is InChI=1S/C12H15NO3/c1-8-4-10(3)11(5-9(8)2)6-13-16-7-12(14)15/h4-6H,7H2,1-3H3,(H,14,15)/b13-6+. The predicted molar refractivity (Wildman–Crippen MR) is 61.8 cm³/mol. The second-order valence-electron chi connectivity index (χ2n) is 3.69. The summed E-state index contributed by atoms with van der Waals surface area (Å²) >= 11 is 0. The lowest BCUT2D eigenvalue weighted by molar-refractivity contribution is -0.142. The molecule has 0 unspecified atom stereocenters. The fraction of sp³-hybridized carbons (Fsp3) is 0.333. The van der Waals surface area contributed by atoms with E-state index in [1.807, 2.05) is 26.8 Å². The zero-order chi connectivity index (χ0) is 12.1. The minimum Gasteiger partial charge on any atom is -0.479 e. The van der Waals surface area contributed by atoms with Crippen molar-refractivity contribution >= 4 is 12.2 Å². The van der Waals surface area contributed by atoms with Gasteiger partial charge in [-0.05, 0) is 49.1 Å². The van der Waals surface area contributed by atoms with Crippen molar-refractivity contribution in [1.82, 2.24) is 0 Å². The van der Waals surface area contributed by atoms with Gasteiger partial charge in [0.1, 0.15) is 0 Å². The van der Waals surface area contributed by atoms with Crippen LogP contribution in [0, 0.1) is 20.8 Å².